The molecule has 0 unspecified atom stereocenters. The summed E-state index contributed by atoms with van der Waals surface area (Å²) in [6, 6.07) is 1.42. The van der Waals surface area contributed by atoms with Gasteiger partial charge < -0.3 is 4.74 Å². The predicted octanol–water partition coefficient (Wildman–Crippen LogP) is 2.77. The number of nitro benzene ring substituents is 1. The average Bonchev–Trinajstić information content (AvgIpc) is 2.19. The van der Waals surface area contributed by atoms with Gasteiger partial charge in [-0.1, -0.05) is 0 Å². The maximum absolute atomic E-state index is 12.0. The number of alkyl halides is 3. The summed E-state index contributed by atoms with van der Waals surface area (Å²) in [6.07, 6.45) is -3.87. The number of carbonyl (C=O) groups excluding carboxylic acids is 1. The zero-order valence-corrected chi connectivity index (χ0v) is 8.82. The van der Waals surface area contributed by atoms with Crippen LogP contribution in [0.2, 0.25) is 0 Å². The van der Waals surface area contributed by atoms with Crippen LogP contribution in [0.3, 0.4) is 0 Å². The van der Waals surface area contributed by atoms with Crippen LogP contribution in [0.1, 0.15) is 5.56 Å². The zero-order chi connectivity index (χ0) is 13.9. The highest BCUT2D eigenvalue weighted by molar-refractivity contribution is 5.68. The maximum Gasteiger partial charge on any atom is 0.573 e. The number of isocyanates is 1. The van der Waals surface area contributed by atoms with E-state index in [1.54, 1.807) is 0 Å². The minimum atomic E-state index is -4.96. The van der Waals surface area contributed by atoms with Crippen molar-refractivity contribution in [3.8, 4) is 5.75 Å². The molecule has 0 aliphatic carbocycles. The molecule has 6 nitrogen and oxygen atoms in total. The molecule has 0 spiro atoms. The lowest BCUT2D eigenvalue weighted by molar-refractivity contribution is -0.384. The molecule has 0 aliphatic rings. The number of benzene rings is 1. The van der Waals surface area contributed by atoms with E-state index in [4.69, 9.17) is 0 Å². The highest BCUT2D eigenvalue weighted by atomic mass is 19.4. The Labute approximate surface area is 97.8 Å². The molecule has 0 atom stereocenters. The molecule has 1 aromatic carbocycles. The minimum absolute atomic E-state index is 0.00759. The second-order valence-corrected chi connectivity index (χ2v) is 3.12. The average molecular weight is 262 g/mol. The molecule has 0 amide bonds. The number of rotatable bonds is 3. The van der Waals surface area contributed by atoms with Crippen molar-refractivity contribution in [1.82, 2.24) is 0 Å². The summed E-state index contributed by atoms with van der Waals surface area (Å²) in [5.41, 5.74) is -1.13. The third kappa shape index (κ3) is 3.29. The molecule has 0 saturated carbocycles. The number of halogens is 3. The molecule has 1 rings (SSSR count). The van der Waals surface area contributed by atoms with Gasteiger partial charge in [-0.15, -0.1) is 13.2 Å². The SMILES string of the molecule is Cc1cc(OC(F)(F)F)cc([N+](=O)[O-])c1N=C=O. The van der Waals surface area contributed by atoms with Crippen LogP contribution in [0, 0.1) is 17.0 Å². The molecular formula is C9H5F3N2O4. The van der Waals surface area contributed by atoms with Gasteiger partial charge in [0.25, 0.3) is 5.69 Å². The van der Waals surface area contributed by atoms with Gasteiger partial charge in [-0.3, -0.25) is 10.1 Å². The summed E-state index contributed by atoms with van der Waals surface area (Å²) in [5.74, 6) is -0.753. The normalized spacial score (nSPS) is 10.7. The molecule has 9 heteroatoms. The summed E-state index contributed by atoms with van der Waals surface area (Å²) in [5, 5.41) is 10.6. The zero-order valence-electron chi connectivity index (χ0n) is 8.82. The van der Waals surface area contributed by atoms with E-state index in [1.807, 2.05) is 0 Å². The van der Waals surface area contributed by atoms with E-state index in [1.165, 1.54) is 6.92 Å². The molecule has 0 heterocycles. The molecule has 1 aromatic rings. The fourth-order valence-electron chi connectivity index (χ4n) is 1.25. The van der Waals surface area contributed by atoms with Gasteiger partial charge in [-0.25, -0.2) is 4.79 Å². The maximum atomic E-state index is 12.0. The van der Waals surface area contributed by atoms with Crippen molar-refractivity contribution >= 4 is 17.5 Å². The Hall–Kier alpha value is -2.41. The highest BCUT2D eigenvalue weighted by Crippen LogP contribution is 2.36. The molecule has 18 heavy (non-hydrogen) atoms. The van der Waals surface area contributed by atoms with Crippen LogP contribution in [0.5, 0.6) is 5.75 Å². The van der Waals surface area contributed by atoms with E-state index in [0.29, 0.717) is 6.07 Å². The topological polar surface area (TPSA) is 81.8 Å². The summed E-state index contributed by atoms with van der Waals surface area (Å²) in [7, 11) is 0. The Balaban J connectivity index is 3.36. The molecule has 0 saturated heterocycles. The molecule has 96 valence electrons. The lowest BCUT2D eigenvalue weighted by Crippen LogP contribution is -2.17. The third-order valence-electron chi connectivity index (χ3n) is 1.84. The van der Waals surface area contributed by atoms with Crippen molar-refractivity contribution in [2.24, 2.45) is 4.99 Å². The van der Waals surface area contributed by atoms with Crippen LogP contribution in [-0.2, 0) is 4.79 Å². The smallest absolute Gasteiger partial charge is 0.406 e. The van der Waals surface area contributed by atoms with E-state index < -0.39 is 22.7 Å². The number of ether oxygens (including phenoxy) is 1. The minimum Gasteiger partial charge on any atom is -0.406 e. The van der Waals surface area contributed by atoms with Gasteiger partial charge in [0.1, 0.15) is 5.75 Å². The number of nitro groups is 1. The standard InChI is InChI=1S/C9H5F3N2O4/c1-5-2-6(18-9(10,11)12)3-7(14(16)17)8(5)13-4-15/h2-3H,1H3. The van der Waals surface area contributed by atoms with Crippen molar-refractivity contribution in [1.29, 1.82) is 0 Å². The van der Waals surface area contributed by atoms with Crippen LogP contribution in [0.4, 0.5) is 24.5 Å². The van der Waals surface area contributed by atoms with E-state index in [-0.39, 0.29) is 11.3 Å². The quantitative estimate of drug-likeness (QED) is 0.363. The van der Waals surface area contributed by atoms with Crippen molar-refractivity contribution in [2.45, 2.75) is 13.3 Å². The monoisotopic (exact) mass is 262 g/mol. The molecule has 0 bridgehead atoms. The van der Waals surface area contributed by atoms with E-state index >= 15 is 0 Å². The number of aliphatic imine (C=N–C) groups is 1. The molecule has 0 fully saturated rings. The largest absolute Gasteiger partial charge is 0.573 e. The van der Waals surface area contributed by atoms with Crippen LogP contribution < -0.4 is 4.74 Å². The molecule has 0 aromatic heterocycles. The third-order valence-corrected chi connectivity index (χ3v) is 1.84. The molecular weight excluding hydrogens is 257 g/mol. The molecule has 0 N–H and O–H groups in total. The van der Waals surface area contributed by atoms with Gasteiger partial charge in [-0.05, 0) is 18.6 Å². The first kappa shape index (κ1) is 13.7. The van der Waals surface area contributed by atoms with Crippen LogP contribution in [0.25, 0.3) is 0 Å². The van der Waals surface area contributed by atoms with Crippen molar-refractivity contribution < 1.29 is 27.6 Å². The lowest BCUT2D eigenvalue weighted by Gasteiger charge is -2.10. The Morgan fingerprint density at radius 1 is 1.44 bits per heavy atom. The number of hydrogen-bond donors (Lipinski definition) is 0. The number of aryl methyl sites for hydroxylation is 1. The highest BCUT2D eigenvalue weighted by Gasteiger charge is 2.32. The summed E-state index contributed by atoms with van der Waals surface area (Å²) >= 11 is 0. The lowest BCUT2D eigenvalue weighted by atomic mass is 10.1. The van der Waals surface area contributed by atoms with Crippen molar-refractivity contribution in [2.75, 3.05) is 0 Å². The second-order valence-electron chi connectivity index (χ2n) is 3.12. The van der Waals surface area contributed by atoms with Crippen LogP contribution in [-0.4, -0.2) is 17.4 Å². The van der Waals surface area contributed by atoms with Gasteiger partial charge >= 0.3 is 6.36 Å². The van der Waals surface area contributed by atoms with Gasteiger partial charge in [0.2, 0.25) is 6.08 Å². The van der Waals surface area contributed by atoms with Crippen LogP contribution in [0.15, 0.2) is 17.1 Å². The Bertz CT molecular complexity index is 535. The molecule has 0 radical (unpaired) electrons. The van der Waals surface area contributed by atoms with Crippen molar-refractivity contribution in [3.63, 3.8) is 0 Å². The van der Waals surface area contributed by atoms with E-state index in [0.717, 1.165) is 12.1 Å². The first-order valence-electron chi connectivity index (χ1n) is 4.37. The fourth-order valence-corrected chi connectivity index (χ4v) is 1.25. The second kappa shape index (κ2) is 4.84. The molecule has 0 aliphatic heterocycles. The Morgan fingerprint density at radius 2 is 2.06 bits per heavy atom. The number of nitrogens with zero attached hydrogens (tertiary/aromatic N) is 2. The Kier molecular flexibility index (Phi) is 3.67. The van der Waals surface area contributed by atoms with Crippen molar-refractivity contribution in [3.05, 3.63) is 27.8 Å². The summed E-state index contributed by atoms with van der Waals surface area (Å²) < 4.78 is 39.5. The summed E-state index contributed by atoms with van der Waals surface area (Å²) in [6.45, 7) is 1.26. The fraction of sp³-hybridized carbons (Fsp3) is 0.222. The Morgan fingerprint density at radius 3 is 2.50 bits per heavy atom. The van der Waals surface area contributed by atoms with Gasteiger partial charge in [0.15, 0.2) is 5.69 Å². The van der Waals surface area contributed by atoms with Gasteiger partial charge in [0, 0.05) is 0 Å². The first-order valence-corrected chi connectivity index (χ1v) is 4.37. The summed E-state index contributed by atoms with van der Waals surface area (Å²) in [4.78, 5) is 22.9. The predicted molar refractivity (Wildman–Crippen MR) is 52.3 cm³/mol. The van der Waals surface area contributed by atoms with Crippen LogP contribution >= 0.6 is 0 Å². The number of hydrogen-bond acceptors (Lipinski definition) is 5. The van der Waals surface area contributed by atoms with Gasteiger partial charge in [0.05, 0.1) is 11.0 Å². The van der Waals surface area contributed by atoms with E-state index in [9.17, 15) is 28.1 Å². The van der Waals surface area contributed by atoms with E-state index in [2.05, 4.69) is 9.73 Å². The first-order chi connectivity index (χ1) is 8.24. The van der Waals surface area contributed by atoms with Gasteiger partial charge in [-0.2, -0.15) is 4.99 Å².